The molecule has 1 amide bonds. The van der Waals surface area contributed by atoms with Crippen LogP contribution in [0.2, 0.25) is 0 Å². The Labute approximate surface area is 122 Å². The van der Waals surface area contributed by atoms with Crippen molar-refractivity contribution in [2.45, 2.75) is 46.1 Å². The Hall–Kier alpha value is -0.680. The molecule has 1 fully saturated rings. The van der Waals surface area contributed by atoms with Gasteiger partial charge < -0.3 is 10.6 Å². The Morgan fingerprint density at radius 1 is 1.42 bits per heavy atom. The largest absolute Gasteiger partial charge is 0.393 e. The van der Waals surface area contributed by atoms with E-state index < -0.39 is 5.54 Å². The van der Waals surface area contributed by atoms with E-state index in [1.807, 2.05) is 25.8 Å². The van der Waals surface area contributed by atoms with Crippen molar-refractivity contribution in [1.29, 1.82) is 0 Å². The van der Waals surface area contributed by atoms with E-state index in [4.69, 9.17) is 18.0 Å². The third-order valence-electron chi connectivity index (χ3n) is 4.26. The number of nitrogens with two attached hydrogens (primary N) is 1. The molecule has 0 unspecified atom stereocenters. The van der Waals surface area contributed by atoms with Gasteiger partial charge in [0.1, 0.15) is 0 Å². The molecule has 2 N–H and O–H groups in total. The molecule has 0 radical (unpaired) electrons. The highest BCUT2D eigenvalue weighted by atomic mass is 32.1. The van der Waals surface area contributed by atoms with Crippen LogP contribution in [0.1, 0.15) is 40.5 Å². The summed E-state index contributed by atoms with van der Waals surface area (Å²) in [6, 6.07) is 0. The summed E-state index contributed by atoms with van der Waals surface area (Å²) in [5.74, 6) is 0.201. The number of hydrogen-bond acceptors (Lipinski definition) is 3. The normalized spacial score (nSPS) is 20.7. The molecule has 1 rings (SSSR count). The Bertz CT molecular complexity index is 366. The van der Waals surface area contributed by atoms with E-state index in [0.29, 0.717) is 4.99 Å². The van der Waals surface area contributed by atoms with Crippen LogP contribution in [0.3, 0.4) is 0 Å². The summed E-state index contributed by atoms with van der Waals surface area (Å²) in [7, 11) is 1.87. The third-order valence-corrected chi connectivity index (χ3v) is 4.82. The van der Waals surface area contributed by atoms with Crippen LogP contribution in [-0.4, -0.2) is 52.9 Å². The smallest absolute Gasteiger partial charge is 0.242 e. The molecule has 110 valence electrons. The monoisotopic (exact) mass is 285 g/mol. The quantitative estimate of drug-likeness (QED) is 0.780. The molecule has 1 saturated heterocycles. The maximum atomic E-state index is 12.2. The molecule has 0 aromatic rings. The van der Waals surface area contributed by atoms with Crippen LogP contribution in [0.4, 0.5) is 0 Å². The summed E-state index contributed by atoms with van der Waals surface area (Å²) in [4.78, 5) is 16.8. The van der Waals surface area contributed by atoms with Crippen molar-refractivity contribution in [3.05, 3.63) is 0 Å². The molecule has 1 aliphatic heterocycles. The molecule has 0 bridgehead atoms. The van der Waals surface area contributed by atoms with Gasteiger partial charge in [-0.25, -0.2) is 0 Å². The fraction of sp³-hybridized carbons (Fsp3) is 0.857. The molecule has 1 heterocycles. The van der Waals surface area contributed by atoms with Gasteiger partial charge in [-0.3, -0.25) is 9.69 Å². The number of nitrogens with zero attached hydrogens (tertiary/aromatic N) is 2. The highest BCUT2D eigenvalue weighted by Crippen LogP contribution is 2.26. The van der Waals surface area contributed by atoms with Crippen molar-refractivity contribution in [2.75, 3.05) is 26.7 Å². The van der Waals surface area contributed by atoms with Gasteiger partial charge in [-0.05, 0) is 33.2 Å². The molecule has 0 aromatic carbocycles. The standard InChI is InChI=1S/C14H27N3OS/c1-13(2,11(15)19)7-6-8-17-10-9-16(5)12(18)14(17,3)4/h6-10H2,1-5H3,(H2,15,19). The second kappa shape index (κ2) is 5.75. The maximum absolute atomic E-state index is 12.2. The van der Waals surface area contributed by atoms with Gasteiger partial charge in [0.2, 0.25) is 5.91 Å². The van der Waals surface area contributed by atoms with Gasteiger partial charge in [0.05, 0.1) is 10.5 Å². The zero-order valence-corrected chi connectivity index (χ0v) is 13.6. The lowest BCUT2D eigenvalue weighted by Crippen LogP contribution is -2.62. The highest BCUT2D eigenvalue weighted by molar-refractivity contribution is 7.80. The van der Waals surface area contributed by atoms with Crippen LogP contribution in [0, 0.1) is 5.41 Å². The van der Waals surface area contributed by atoms with Crippen LogP contribution >= 0.6 is 12.2 Å². The fourth-order valence-electron chi connectivity index (χ4n) is 2.48. The van der Waals surface area contributed by atoms with E-state index in [-0.39, 0.29) is 11.3 Å². The first-order chi connectivity index (χ1) is 8.59. The molecule has 1 aliphatic rings. The van der Waals surface area contributed by atoms with Gasteiger partial charge in [0.25, 0.3) is 0 Å². The minimum Gasteiger partial charge on any atom is -0.393 e. The SMILES string of the molecule is CN1CCN(CCCC(C)(C)C(N)=S)C(C)(C)C1=O. The number of carbonyl (C=O) groups is 1. The summed E-state index contributed by atoms with van der Waals surface area (Å²) >= 11 is 5.08. The van der Waals surface area contributed by atoms with Gasteiger partial charge in [-0.15, -0.1) is 0 Å². The van der Waals surface area contributed by atoms with Gasteiger partial charge in [0, 0.05) is 25.6 Å². The lowest BCUT2D eigenvalue weighted by atomic mass is 9.87. The van der Waals surface area contributed by atoms with Crippen LogP contribution in [0.15, 0.2) is 0 Å². The molecule has 0 aliphatic carbocycles. The Morgan fingerprint density at radius 3 is 2.53 bits per heavy atom. The number of amides is 1. The number of hydrogen-bond donors (Lipinski definition) is 1. The zero-order chi connectivity index (χ0) is 14.8. The molecule has 0 atom stereocenters. The van der Waals surface area contributed by atoms with Gasteiger partial charge in [-0.2, -0.15) is 0 Å². The Balaban J connectivity index is 2.54. The molecule has 4 nitrogen and oxygen atoms in total. The number of rotatable bonds is 5. The van der Waals surface area contributed by atoms with Gasteiger partial charge >= 0.3 is 0 Å². The van der Waals surface area contributed by atoms with Crippen LogP contribution in [0.25, 0.3) is 0 Å². The minimum atomic E-state index is -0.402. The van der Waals surface area contributed by atoms with Crippen molar-refractivity contribution in [2.24, 2.45) is 11.1 Å². The van der Waals surface area contributed by atoms with Crippen LogP contribution in [-0.2, 0) is 4.79 Å². The molecule has 5 heteroatoms. The predicted octanol–water partition coefficient (Wildman–Crippen LogP) is 1.63. The summed E-state index contributed by atoms with van der Waals surface area (Å²) in [5.41, 5.74) is 5.24. The predicted molar refractivity (Wildman–Crippen MR) is 83.1 cm³/mol. The van der Waals surface area contributed by atoms with Crippen LogP contribution in [0.5, 0.6) is 0 Å². The minimum absolute atomic E-state index is 0.101. The first-order valence-corrected chi connectivity index (χ1v) is 7.30. The molecule has 0 aromatic heterocycles. The molecule has 0 spiro atoms. The van der Waals surface area contributed by atoms with Gasteiger partial charge in [0.15, 0.2) is 0 Å². The summed E-state index contributed by atoms with van der Waals surface area (Å²) < 4.78 is 0. The lowest BCUT2D eigenvalue weighted by molar-refractivity contribution is -0.147. The lowest BCUT2D eigenvalue weighted by Gasteiger charge is -2.45. The van der Waals surface area contributed by atoms with E-state index >= 15 is 0 Å². The average Bonchev–Trinajstić information content (AvgIpc) is 2.29. The topological polar surface area (TPSA) is 49.6 Å². The highest BCUT2D eigenvalue weighted by Gasteiger charge is 2.40. The van der Waals surface area contributed by atoms with Crippen molar-refractivity contribution in [3.8, 4) is 0 Å². The second-order valence-electron chi connectivity index (χ2n) is 6.62. The average molecular weight is 285 g/mol. The Morgan fingerprint density at radius 2 is 2.00 bits per heavy atom. The maximum Gasteiger partial charge on any atom is 0.242 e. The zero-order valence-electron chi connectivity index (χ0n) is 12.8. The van der Waals surface area contributed by atoms with E-state index in [9.17, 15) is 4.79 Å². The summed E-state index contributed by atoms with van der Waals surface area (Å²) in [6.45, 7) is 10.8. The number of carbonyl (C=O) groups excluding carboxylic acids is 1. The number of piperazine rings is 1. The van der Waals surface area contributed by atoms with E-state index in [0.717, 1.165) is 32.5 Å². The first kappa shape index (κ1) is 16.4. The van der Waals surface area contributed by atoms with Crippen molar-refractivity contribution in [1.82, 2.24) is 9.80 Å². The summed E-state index contributed by atoms with van der Waals surface area (Å²) in [5, 5.41) is 0. The molecular formula is C14H27N3OS. The fourth-order valence-corrected chi connectivity index (χ4v) is 2.58. The van der Waals surface area contributed by atoms with Crippen molar-refractivity contribution < 1.29 is 4.79 Å². The first-order valence-electron chi connectivity index (χ1n) is 6.89. The van der Waals surface area contributed by atoms with E-state index in [1.165, 1.54) is 0 Å². The van der Waals surface area contributed by atoms with Crippen molar-refractivity contribution >= 4 is 23.1 Å². The number of likely N-dealkylation sites (N-methyl/N-ethyl adjacent to an activating group) is 1. The number of thiocarbonyl (C=S) groups is 1. The Kier molecular flexibility index (Phi) is 4.96. The molecule has 0 saturated carbocycles. The third kappa shape index (κ3) is 3.66. The molecule has 19 heavy (non-hydrogen) atoms. The van der Waals surface area contributed by atoms with E-state index in [2.05, 4.69) is 18.7 Å². The van der Waals surface area contributed by atoms with Gasteiger partial charge in [-0.1, -0.05) is 26.1 Å². The second-order valence-corrected chi connectivity index (χ2v) is 7.06. The van der Waals surface area contributed by atoms with Crippen LogP contribution < -0.4 is 5.73 Å². The van der Waals surface area contributed by atoms with Crippen molar-refractivity contribution in [3.63, 3.8) is 0 Å². The summed E-state index contributed by atoms with van der Waals surface area (Å²) in [6.07, 6.45) is 1.96. The molecular weight excluding hydrogens is 258 g/mol. The van der Waals surface area contributed by atoms with E-state index in [1.54, 1.807) is 0 Å².